The van der Waals surface area contributed by atoms with Crippen molar-refractivity contribution in [2.75, 3.05) is 13.2 Å². The number of pyridine rings is 1. The summed E-state index contributed by atoms with van der Waals surface area (Å²) >= 11 is 0. The van der Waals surface area contributed by atoms with Crippen molar-refractivity contribution in [3.8, 4) is 17.0 Å². The predicted molar refractivity (Wildman–Crippen MR) is 127 cm³/mol. The van der Waals surface area contributed by atoms with E-state index in [4.69, 9.17) is 9.47 Å². The molecule has 0 saturated carbocycles. The van der Waals surface area contributed by atoms with Gasteiger partial charge in [-0.2, -0.15) is 0 Å². The molecular formula is C27H41NO2. The Morgan fingerprint density at radius 2 is 1.50 bits per heavy atom. The van der Waals surface area contributed by atoms with Gasteiger partial charge in [0, 0.05) is 18.4 Å². The quantitative estimate of drug-likeness (QED) is 0.266. The van der Waals surface area contributed by atoms with E-state index >= 15 is 0 Å². The fourth-order valence-corrected chi connectivity index (χ4v) is 3.51. The second-order valence-electron chi connectivity index (χ2n) is 8.29. The van der Waals surface area contributed by atoms with Gasteiger partial charge in [0.2, 0.25) is 0 Å². The van der Waals surface area contributed by atoms with Crippen molar-refractivity contribution in [2.45, 2.75) is 91.1 Å². The van der Waals surface area contributed by atoms with Crippen molar-refractivity contribution in [3.05, 3.63) is 48.2 Å². The molecule has 166 valence electrons. The van der Waals surface area contributed by atoms with Crippen LogP contribution >= 0.6 is 0 Å². The van der Waals surface area contributed by atoms with E-state index in [1.807, 2.05) is 25.3 Å². The summed E-state index contributed by atoms with van der Waals surface area (Å²) in [6, 6.07) is 12.5. The van der Waals surface area contributed by atoms with E-state index in [2.05, 4.69) is 43.1 Å². The molecule has 3 heteroatoms. The topological polar surface area (TPSA) is 31.4 Å². The van der Waals surface area contributed by atoms with Crippen molar-refractivity contribution in [3.63, 3.8) is 0 Å². The van der Waals surface area contributed by atoms with E-state index in [1.165, 1.54) is 56.9 Å². The van der Waals surface area contributed by atoms with Crippen LogP contribution in [0.2, 0.25) is 0 Å². The molecule has 0 aliphatic rings. The average Bonchev–Trinajstić information content (AvgIpc) is 2.79. The Morgan fingerprint density at radius 3 is 2.13 bits per heavy atom. The van der Waals surface area contributed by atoms with E-state index < -0.39 is 0 Å². The summed E-state index contributed by atoms with van der Waals surface area (Å²) in [6.45, 7) is 7.79. The molecule has 30 heavy (non-hydrogen) atoms. The molecule has 0 radical (unpaired) electrons. The largest absolute Gasteiger partial charge is 0.491 e. The molecular weight excluding hydrogens is 370 g/mol. The van der Waals surface area contributed by atoms with Crippen LogP contribution in [0.15, 0.2) is 42.6 Å². The zero-order valence-corrected chi connectivity index (χ0v) is 19.4. The zero-order valence-electron chi connectivity index (χ0n) is 19.4. The minimum absolute atomic E-state index is 0.111. The van der Waals surface area contributed by atoms with Crippen LogP contribution in [0, 0.1) is 0 Å². The molecule has 1 atom stereocenters. The van der Waals surface area contributed by atoms with E-state index in [-0.39, 0.29) is 6.10 Å². The van der Waals surface area contributed by atoms with Gasteiger partial charge in [0.25, 0.3) is 0 Å². The van der Waals surface area contributed by atoms with E-state index in [9.17, 15) is 0 Å². The summed E-state index contributed by atoms with van der Waals surface area (Å²) in [5, 5.41) is 0. The summed E-state index contributed by atoms with van der Waals surface area (Å²) in [4.78, 5) is 4.67. The van der Waals surface area contributed by atoms with Crippen LogP contribution in [0.25, 0.3) is 11.3 Å². The van der Waals surface area contributed by atoms with Crippen molar-refractivity contribution in [1.82, 2.24) is 4.98 Å². The Balaban J connectivity index is 1.70. The van der Waals surface area contributed by atoms with Crippen LogP contribution in [-0.4, -0.2) is 24.3 Å². The number of nitrogens with zero attached hydrogens (tertiary/aromatic N) is 1. The summed E-state index contributed by atoms with van der Waals surface area (Å²) < 4.78 is 11.5. The van der Waals surface area contributed by atoms with Gasteiger partial charge in [-0.3, -0.25) is 4.98 Å². The van der Waals surface area contributed by atoms with E-state index in [0.717, 1.165) is 36.5 Å². The highest BCUT2D eigenvalue weighted by Gasteiger charge is 2.05. The van der Waals surface area contributed by atoms with Gasteiger partial charge < -0.3 is 9.47 Å². The number of unbranched alkanes of at least 4 members (excludes halogenated alkanes) is 7. The maximum Gasteiger partial charge on any atom is 0.119 e. The molecule has 0 fully saturated rings. The molecule has 0 N–H and O–H groups in total. The fraction of sp³-hybridized carbons (Fsp3) is 0.593. The summed E-state index contributed by atoms with van der Waals surface area (Å²) in [5.41, 5.74) is 3.47. The zero-order chi connectivity index (χ0) is 21.4. The van der Waals surface area contributed by atoms with Gasteiger partial charge in [-0.25, -0.2) is 0 Å². The standard InChI is InChI=1S/C27H41NO2/c1-4-6-7-8-9-10-11-12-13-24-14-19-27(28-21-24)25-15-17-26(18-16-25)30-22-23(3)29-20-5-2/h14-19,21,23H,4-13,20,22H2,1-3H3. The van der Waals surface area contributed by atoms with Crippen molar-refractivity contribution in [1.29, 1.82) is 0 Å². The number of benzene rings is 1. The molecule has 2 aromatic rings. The third-order valence-corrected chi connectivity index (χ3v) is 5.39. The highest BCUT2D eigenvalue weighted by Crippen LogP contribution is 2.21. The number of aryl methyl sites for hydroxylation is 1. The van der Waals surface area contributed by atoms with Crippen LogP contribution < -0.4 is 4.74 Å². The molecule has 0 aliphatic carbocycles. The molecule has 2 rings (SSSR count). The average molecular weight is 412 g/mol. The first-order valence-electron chi connectivity index (χ1n) is 12.0. The summed E-state index contributed by atoms with van der Waals surface area (Å²) in [6.07, 6.45) is 15.2. The Hall–Kier alpha value is -1.87. The molecule has 0 saturated heterocycles. The first kappa shape index (κ1) is 24.4. The molecule has 0 bridgehead atoms. The minimum Gasteiger partial charge on any atom is -0.491 e. The van der Waals surface area contributed by atoms with Gasteiger partial charge in [-0.1, -0.05) is 64.9 Å². The monoisotopic (exact) mass is 411 g/mol. The molecule has 1 unspecified atom stereocenters. The highest BCUT2D eigenvalue weighted by molar-refractivity contribution is 5.60. The smallest absolute Gasteiger partial charge is 0.119 e. The minimum atomic E-state index is 0.111. The van der Waals surface area contributed by atoms with Crippen LogP contribution in [0.5, 0.6) is 5.75 Å². The van der Waals surface area contributed by atoms with Gasteiger partial charge in [-0.05, 0) is 62.1 Å². The van der Waals surface area contributed by atoms with Gasteiger partial charge in [0.05, 0.1) is 11.8 Å². The lowest BCUT2D eigenvalue weighted by Gasteiger charge is -2.14. The number of aromatic nitrogens is 1. The number of ether oxygens (including phenoxy) is 2. The lowest BCUT2D eigenvalue weighted by molar-refractivity contribution is 0.0327. The molecule has 0 spiro atoms. The molecule has 1 aromatic heterocycles. The van der Waals surface area contributed by atoms with Crippen LogP contribution in [-0.2, 0) is 11.2 Å². The van der Waals surface area contributed by atoms with Crippen molar-refractivity contribution < 1.29 is 9.47 Å². The third kappa shape index (κ3) is 9.75. The normalized spacial score (nSPS) is 12.1. The second-order valence-corrected chi connectivity index (χ2v) is 8.29. The second kappa shape index (κ2) is 15.0. The number of hydrogen-bond donors (Lipinski definition) is 0. The van der Waals surface area contributed by atoms with Crippen molar-refractivity contribution in [2.24, 2.45) is 0 Å². The molecule has 0 aliphatic heterocycles. The van der Waals surface area contributed by atoms with Gasteiger partial charge in [0.1, 0.15) is 12.4 Å². The number of rotatable bonds is 16. The number of hydrogen-bond acceptors (Lipinski definition) is 3. The molecule has 3 nitrogen and oxygen atoms in total. The van der Waals surface area contributed by atoms with Crippen LogP contribution in [0.3, 0.4) is 0 Å². The Morgan fingerprint density at radius 1 is 0.800 bits per heavy atom. The first-order chi connectivity index (χ1) is 14.7. The Kier molecular flexibility index (Phi) is 12.2. The van der Waals surface area contributed by atoms with Crippen LogP contribution in [0.4, 0.5) is 0 Å². The first-order valence-corrected chi connectivity index (χ1v) is 12.0. The maximum absolute atomic E-state index is 5.82. The van der Waals surface area contributed by atoms with Crippen molar-refractivity contribution >= 4 is 0 Å². The van der Waals surface area contributed by atoms with E-state index in [1.54, 1.807) is 0 Å². The summed E-state index contributed by atoms with van der Waals surface area (Å²) in [7, 11) is 0. The Labute approximate surface area is 184 Å². The molecule has 0 amide bonds. The van der Waals surface area contributed by atoms with Crippen LogP contribution in [0.1, 0.15) is 84.1 Å². The maximum atomic E-state index is 5.82. The molecule has 1 aromatic carbocycles. The highest BCUT2D eigenvalue weighted by atomic mass is 16.5. The van der Waals surface area contributed by atoms with E-state index in [0.29, 0.717) is 6.61 Å². The SMILES string of the molecule is CCCCCCCCCCc1ccc(-c2ccc(OCC(C)OCCC)cc2)nc1. The summed E-state index contributed by atoms with van der Waals surface area (Å²) in [5.74, 6) is 0.872. The lowest BCUT2D eigenvalue weighted by Crippen LogP contribution is -2.18. The predicted octanol–water partition coefficient (Wildman–Crippen LogP) is 7.63. The van der Waals surface area contributed by atoms with Gasteiger partial charge >= 0.3 is 0 Å². The third-order valence-electron chi connectivity index (χ3n) is 5.39. The fourth-order valence-electron chi connectivity index (χ4n) is 3.51. The lowest BCUT2D eigenvalue weighted by atomic mass is 10.0. The molecule has 1 heterocycles. The van der Waals surface area contributed by atoms with Gasteiger partial charge in [0.15, 0.2) is 0 Å². The Bertz CT molecular complexity index is 666. The van der Waals surface area contributed by atoms with Gasteiger partial charge in [-0.15, -0.1) is 0 Å².